The molecule has 1 saturated carbocycles. The van der Waals surface area contributed by atoms with E-state index in [2.05, 4.69) is 44.1 Å². The van der Waals surface area contributed by atoms with Crippen molar-refractivity contribution < 1.29 is 0 Å². The number of thiophene rings is 1. The molecular weight excluding hydrogens is 300 g/mol. The van der Waals surface area contributed by atoms with Crippen LogP contribution in [0, 0.1) is 11.3 Å². The van der Waals surface area contributed by atoms with Crippen molar-refractivity contribution in [2.45, 2.75) is 52.6 Å². The second-order valence-corrected chi connectivity index (χ2v) is 8.88. The molecule has 2 unspecified atom stereocenters. The van der Waals surface area contributed by atoms with Gasteiger partial charge in [-0.15, -0.1) is 11.3 Å². The maximum Gasteiger partial charge on any atom is 0.0931 e. The molecule has 0 bridgehead atoms. The molecule has 1 aromatic rings. The average Bonchev–Trinajstić information content (AvgIpc) is 2.78. The van der Waals surface area contributed by atoms with E-state index < -0.39 is 0 Å². The van der Waals surface area contributed by atoms with Gasteiger partial charge in [0.2, 0.25) is 0 Å². The van der Waals surface area contributed by atoms with E-state index >= 15 is 0 Å². The normalized spacial score (nSPS) is 25.4. The van der Waals surface area contributed by atoms with Crippen molar-refractivity contribution in [3.63, 3.8) is 0 Å². The molecule has 120 valence electrons. The molecule has 0 spiro atoms. The van der Waals surface area contributed by atoms with E-state index in [1.165, 1.54) is 24.1 Å². The van der Waals surface area contributed by atoms with Crippen molar-refractivity contribution in [2.24, 2.45) is 11.3 Å². The van der Waals surface area contributed by atoms with E-state index in [-0.39, 0.29) is 0 Å². The summed E-state index contributed by atoms with van der Waals surface area (Å²) in [5.41, 5.74) is 0.409. The molecule has 1 fully saturated rings. The van der Waals surface area contributed by atoms with Gasteiger partial charge in [0.25, 0.3) is 0 Å². The number of nitrogens with one attached hydrogen (secondary N) is 1. The Kier molecular flexibility index (Phi) is 6.13. The Morgan fingerprint density at radius 1 is 1.43 bits per heavy atom. The zero-order valence-corrected chi connectivity index (χ0v) is 15.4. The lowest BCUT2D eigenvalue weighted by molar-refractivity contribution is 0.0850. The summed E-state index contributed by atoms with van der Waals surface area (Å²) in [6.07, 6.45) is 4.04. The lowest BCUT2D eigenvalue weighted by Crippen LogP contribution is -2.52. The zero-order valence-electron chi connectivity index (χ0n) is 13.8. The first-order valence-corrected chi connectivity index (χ1v) is 9.28. The Morgan fingerprint density at radius 3 is 2.81 bits per heavy atom. The Hall–Kier alpha value is -0.0900. The molecule has 0 saturated heterocycles. The minimum atomic E-state index is 0.409. The Morgan fingerprint density at radius 2 is 2.19 bits per heavy atom. The Bertz CT molecular complexity index is 444. The van der Waals surface area contributed by atoms with Crippen molar-refractivity contribution in [1.82, 2.24) is 10.2 Å². The van der Waals surface area contributed by atoms with Crippen LogP contribution in [0.5, 0.6) is 0 Å². The number of nitrogens with zero attached hydrogens (tertiary/aromatic N) is 1. The van der Waals surface area contributed by atoms with Gasteiger partial charge in [0, 0.05) is 24.0 Å². The third kappa shape index (κ3) is 4.69. The van der Waals surface area contributed by atoms with Gasteiger partial charge in [0.05, 0.1) is 4.34 Å². The average molecular weight is 329 g/mol. The molecular formula is C17H29ClN2S. The monoisotopic (exact) mass is 328 g/mol. The number of halogens is 1. The Labute approximate surface area is 138 Å². The maximum absolute atomic E-state index is 6.03. The molecule has 1 aliphatic carbocycles. The first-order valence-electron chi connectivity index (χ1n) is 8.08. The smallest absolute Gasteiger partial charge is 0.0931 e. The van der Waals surface area contributed by atoms with Gasteiger partial charge in [0.1, 0.15) is 0 Å². The first kappa shape index (κ1) is 17.3. The van der Waals surface area contributed by atoms with Crippen LogP contribution in [0.25, 0.3) is 0 Å². The highest BCUT2D eigenvalue weighted by Crippen LogP contribution is 2.39. The van der Waals surface area contributed by atoms with Crippen molar-refractivity contribution in [1.29, 1.82) is 0 Å². The molecule has 0 radical (unpaired) electrons. The summed E-state index contributed by atoms with van der Waals surface area (Å²) in [5.74, 6) is 0.745. The van der Waals surface area contributed by atoms with Crippen LogP contribution in [-0.2, 0) is 6.54 Å². The van der Waals surface area contributed by atoms with Crippen LogP contribution >= 0.6 is 22.9 Å². The van der Waals surface area contributed by atoms with Crippen LogP contribution in [0.2, 0.25) is 4.34 Å². The second kappa shape index (κ2) is 7.45. The molecule has 1 aliphatic rings. The zero-order chi connectivity index (χ0) is 15.5. The van der Waals surface area contributed by atoms with Gasteiger partial charge in [-0.05, 0) is 49.9 Å². The summed E-state index contributed by atoms with van der Waals surface area (Å²) >= 11 is 7.72. The molecule has 2 nitrogen and oxygen atoms in total. The van der Waals surface area contributed by atoms with Crippen LogP contribution in [0.15, 0.2) is 12.1 Å². The fourth-order valence-electron chi connectivity index (χ4n) is 3.81. The molecule has 4 heteroatoms. The van der Waals surface area contributed by atoms with Crippen LogP contribution in [0.4, 0.5) is 0 Å². The first-order chi connectivity index (χ1) is 9.92. The summed E-state index contributed by atoms with van der Waals surface area (Å²) in [6, 6.07) is 4.78. The summed E-state index contributed by atoms with van der Waals surface area (Å²) in [5, 5.41) is 3.75. The van der Waals surface area contributed by atoms with E-state index in [1.54, 1.807) is 11.3 Å². The minimum Gasteiger partial charge on any atom is -0.313 e. The van der Waals surface area contributed by atoms with Gasteiger partial charge in [0.15, 0.2) is 0 Å². The predicted molar refractivity (Wildman–Crippen MR) is 94.2 cm³/mol. The summed E-state index contributed by atoms with van der Waals surface area (Å²) in [7, 11) is 2.23. The fourth-order valence-corrected chi connectivity index (χ4v) is 4.98. The Balaban J connectivity index is 1.95. The SMILES string of the molecule is CCNC1C(CN(C)Cc2ccc(Cl)s2)CCCC1(C)C. The minimum absolute atomic E-state index is 0.409. The summed E-state index contributed by atoms with van der Waals surface area (Å²) in [4.78, 5) is 3.82. The number of hydrogen-bond donors (Lipinski definition) is 1. The fraction of sp³-hybridized carbons (Fsp3) is 0.765. The number of hydrogen-bond acceptors (Lipinski definition) is 3. The third-order valence-electron chi connectivity index (χ3n) is 4.73. The van der Waals surface area contributed by atoms with Gasteiger partial charge in [-0.2, -0.15) is 0 Å². The molecule has 2 atom stereocenters. The lowest BCUT2D eigenvalue weighted by Gasteiger charge is -2.45. The number of rotatable bonds is 6. The molecule has 2 rings (SSSR count). The highest BCUT2D eigenvalue weighted by Gasteiger charge is 2.38. The van der Waals surface area contributed by atoms with Crippen LogP contribution in [0.3, 0.4) is 0 Å². The topological polar surface area (TPSA) is 15.3 Å². The van der Waals surface area contributed by atoms with Crippen LogP contribution in [-0.4, -0.2) is 31.1 Å². The van der Waals surface area contributed by atoms with Gasteiger partial charge in [-0.1, -0.05) is 38.8 Å². The van der Waals surface area contributed by atoms with Crippen molar-refractivity contribution >= 4 is 22.9 Å². The largest absolute Gasteiger partial charge is 0.313 e. The summed E-state index contributed by atoms with van der Waals surface area (Å²) in [6.45, 7) is 10.3. The highest BCUT2D eigenvalue weighted by atomic mass is 35.5. The quantitative estimate of drug-likeness (QED) is 0.818. The van der Waals surface area contributed by atoms with E-state index in [9.17, 15) is 0 Å². The van der Waals surface area contributed by atoms with Crippen molar-refractivity contribution in [2.75, 3.05) is 20.1 Å². The van der Waals surface area contributed by atoms with E-state index in [1.807, 2.05) is 6.07 Å². The van der Waals surface area contributed by atoms with Crippen LogP contribution in [0.1, 0.15) is 44.9 Å². The standard InChI is InChI=1S/C17H29ClN2S/c1-5-19-16-13(7-6-10-17(16,2)3)11-20(4)12-14-8-9-15(18)21-14/h8-9,13,16,19H,5-7,10-12H2,1-4H3. The van der Waals surface area contributed by atoms with Crippen molar-refractivity contribution in [3.05, 3.63) is 21.3 Å². The van der Waals surface area contributed by atoms with Crippen LogP contribution < -0.4 is 5.32 Å². The highest BCUT2D eigenvalue weighted by molar-refractivity contribution is 7.16. The third-order valence-corrected chi connectivity index (χ3v) is 5.95. The lowest BCUT2D eigenvalue weighted by atomic mass is 9.67. The molecule has 0 aromatic carbocycles. The van der Waals surface area contributed by atoms with Gasteiger partial charge in [-0.3, -0.25) is 0 Å². The second-order valence-electron chi connectivity index (χ2n) is 7.08. The predicted octanol–water partition coefficient (Wildman–Crippen LogP) is 4.64. The van der Waals surface area contributed by atoms with E-state index in [0.29, 0.717) is 11.5 Å². The van der Waals surface area contributed by atoms with E-state index in [4.69, 9.17) is 11.6 Å². The van der Waals surface area contributed by atoms with Crippen molar-refractivity contribution in [3.8, 4) is 0 Å². The molecule has 1 aromatic heterocycles. The van der Waals surface area contributed by atoms with E-state index in [0.717, 1.165) is 29.9 Å². The molecule has 0 amide bonds. The summed E-state index contributed by atoms with van der Waals surface area (Å²) < 4.78 is 0.891. The van der Waals surface area contributed by atoms with Gasteiger partial charge in [-0.25, -0.2) is 0 Å². The van der Waals surface area contributed by atoms with Gasteiger partial charge >= 0.3 is 0 Å². The molecule has 1 heterocycles. The van der Waals surface area contributed by atoms with Gasteiger partial charge < -0.3 is 10.2 Å². The maximum atomic E-state index is 6.03. The molecule has 21 heavy (non-hydrogen) atoms. The molecule has 1 N–H and O–H groups in total. The molecule has 0 aliphatic heterocycles.